The Bertz CT molecular complexity index is 1340. The number of para-hydroxylation sites is 4. The van der Waals surface area contributed by atoms with Crippen molar-refractivity contribution in [2.75, 3.05) is 24.7 Å². The van der Waals surface area contributed by atoms with Gasteiger partial charge in [-0.3, -0.25) is 4.79 Å². The van der Waals surface area contributed by atoms with Crippen LogP contribution < -0.4 is 14.4 Å². The van der Waals surface area contributed by atoms with Gasteiger partial charge in [-0.2, -0.15) is 0 Å². The molecule has 1 amide bonds. The molecule has 1 aliphatic heterocycles. The van der Waals surface area contributed by atoms with Gasteiger partial charge in [-0.25, -0.2) is 4.98 Å². The van der Waals surface area contributed by atoms with Gasteiger partial charge in [-0.1, -0.05) is 30.3 Å². The summed E-state index contributed by atoms with van der Waals surface area (Å²) in [5.41, 5.74) is 5.20. The number of hydrogen-bond acceptors (Lipinski definition) is 4. The number of carbonyl (C=O) groups is 1. The van der Waals surface area contributed by atoms with Crippen LogP contribution in [-0.4, -0.2) is 35.2 Å². The lowest BCUT2D eigenvalue weighted by Gasteiger charge is -2.20. The number of aryl methyl sites for hydroxylation is 2. The maximum Gasteiger partial charge on any atom is 0.227 e. The predicted octanol–water partition coefficient (Wildman–Crippen LogP) is 5.65. The van der Waals surface area contributed by atoms with Gasteiger partial charge in [0.15, 0.2) is 0 Å². The van der Waals surface area contributed by atoms with Gasteiger partial charge >= 0.3 is 0 Å². The number of ether oxygens (including phenoxy) is 2. The van der Waals surface area contributed by atoms with E-state index in [-0.39, 0.29) is 11.8 Å². The molecule has 1 fully saturated rings. The zero-order chi connectivity index (χ0) is 24.4. The molecule has 180 valence electrons. The Morgan fingerprint density at radius 1 is 0.971 bits per heavy atom. The normalized spacial score (nSPS) is 15.7. The Kier molecular flexibility index (Phi) is 6.45. The van der Waals surface area contributed by atoms with Crippen LogP contribution in [0.25, 0.3) is 11.0 Å². The van der Waals surface area contributed by atoms with E-state index in [1.54, 1.807) is 0 Å². The van der Waals surface area contributed by atoms with E-state index in [4.69, 9.17) is 14.5 Å². The largest absolute Gasteiger partial charge is 0.492 e. The molecule has 0 radical (unpaired) electrons. The SMILES string of the molecule is CCOc1ccccc1N1C[C@@H](c2nc3ccccc3n2CCOc2cc(C)cc(C)c2)CC1=O. The summed E-state index contributed by atoms with van der Waals surface area (Å²) in [6.07, 6.45) is 0.418. The van der Waals surface area contributed by atoms with Crippen LogP contribution in [0.15, 0.2) is 66.7 Å². The van der Waals surface area contributed by atoms with Crippen LogP contribution in [0.3, 0.4) is 0 Å². The molecule has 6 nitrogen and oxygen atoms in total. The van der Waals surface area contributed by atoms with Crippen molar-refractivity contribution in [3.63, 3.8) is 0 Å². The number of rotatable bonds is 8. The van der Waals surface area contributed by atoms with Crippen molar-refractivity contribution in [1.82, 2.24) is 9.55 Å². The summed E-state index contributed by atoms with van der Waals surface area (Å²) in [4.78, 5) is 19.9. The Hall–Kier alpha value is -3.80. The van der Waals surface area contributed by atoms with Crippen molar-refractivity contribution in [2.45, 2.75) is 39.7 Å². The van der Waals surface area contributed by atoms with Gasteiger partial charge in [0.05, 0.1) is 29.9 Å². The second kappa shape index (κ2) is 9.82. The first-order chi connectivity index (χ1) is 17.0. The monoisotopic (exact) mass is 469 g/mol. The third kappa shape index (κ3) is 4.74. The smallest absolute Gasteiger partial charge is 0.227 e. The summed E-state index contributed by atoms with van der Waals surface area (Å²) in [5.74, 6) is 2.63. The number of carbonyl (C=O) groups excluding carboxylic acids is 1. The molecule has 1 aromatic heterocycles. The molecule has 2 heterocycles. The Morgan fingerprint density at radius 3 is 2.51 bits per heavy atom. The van der Waals surface area contributed by atoms with E-state index in [2.05, 4.69) is 42.7 Å². The van der Waals surface area contributed by atoms with Crippen molar-refractivity contribution in [3.8, 4) is 11.5 Å². The lowest BCUT2D eigenvalue weighted by atomic mass is 10.1. The molecule has 0 saturated carbocycles. The zero-order valence-corrected chi connectivity index (χ0v) is 20.5. The number of benzene rings is 3. The summed E-state index contributed by atoms with van der Waals surface area (Å²) in [6, 6.07) is 22.1. The first-order valence-electron chi connectivity index (χ1n) is 12.2. The minimum atomic E-state index is -0.00852. The highest BCUT2D eigenvalue weighted by molar-refractivity contribution is 5.97. The topological polar surface area (TPSA) is 56.6 Å². The van der Waals surface area contributed by atoms with E-state index in [0.717, 1.165) is 34.0 Å². The number of aromatic nitrogens is 2. The zero-order valence-electron chi connectivity index (χ0n) is 20.5. The molecule has 0 spiro atoms. The molecule has 1 saturated heterocycles. The van der Waals surface area contributed by atoms with Crippen LogP contribution in [0.4, 0.5) is 5.69 Å². The summed E-state index contributed by atoms with van der Waals surface area (Å²) < 4.78 is 14.1. The number of nitrogens with zero attached hydrogens (tertiary/aromatic N) is 3. The summed E-state index contributed by atoms with van der Waals surface area (Å²) in [5, 5.41) is 0. The van der Waals surface area contributed by atoms with Gasteiger partial charge in [-0.05, 0) is 68.3 Å². The third-order valence-corrected chi connectivity index (χ3v) is 6.41. The van der Waals surface area contributed by atoms with Crippen molar-refractivity contribution in [3.05, 3.63) is 83.7 Å². The van der Waals surface area contributed by atoms with Gasteiger partial charge < -0.3 is 18.9 Å². The average Bonchev–Trinajstić information content (AvgIpc) is 3.40. The van der Waals surface area contributed by atoms with Crippen LogP contribution in [0.5, 0.6) is 11.5 Å². The van der Waals surface area contributed by atoms with Gasteiger partial charge in [0, 0.05) is 18.9 Å². The Morgan fingerprint density at radius 2 is 1.71 bits per heavy atom. The minimum absolute atomic E-state index is 0.00852. The molecule has 5 rings (SSSR count). The molecule has 4 aromatic rings. The fraction of sp³-hybridized carbons (Fsp3) is 0.310. The van der Waals surface area contributed by atoms with Crippen molar-refractivity contribution >= 4 is 22.6 Å². The molecule has 1 aliphatic rings. The van der Waals surface area contributed by atoms with E-state index < -0.39 is 0 Å². The van der Waals surface area contributed by atoms with E-state index in [0.29, 0.717) is 32.7 Å². The highest BCUT2D eigenvalue weighted by atomic mass is 16.5. The minimum Gasteiger partial charge on any atom is -0.492 e. The Balaban J connectivity index is 1.41. The summed E-state index contributed by atoms with van der Waals surface area (Å²) in [7, 11) is 0. The second-order valence-corrected chi connectivity index (χ2v) is 9.09. The van der Waals surface area contributed by atoms with Crippen molar-refractivity contribution in [1.29, 1.82) is 0 Å². The Labute approximate surface area is 206 Å². The second-order valence-electron chi connectivity index (χ2n) is 9.09. The molecular formula is C29H31N3O3. The van der Waals surface area contributed by atoms with Crippen LogP contribution in [0.2, 0.25) is 0 Å². The molecule has 35 heavy (non-hydrogen) atoms. The van der Waals surface area contributed by atoms with Gasteiger partial charge in [-0.15, -0.1) is 0 Å². The third-order valence-electron chi connectivity index (χ3n) is 6.41. The van der Waals surface area contributed by atoms with Crippen molar-refractivity contribution < 1.29 is 14.3 Å². The van der Waals surface area contributed by atoms with Gasteiger partial charge in [0.2, 0.25) is 5.91 Å². The van der Waals surface area contributed by atoms with Crippen LogP contribution >= 0.6 is 0 Å². The first kappa shape index (κ1) is 23.0. The number of anilines is 1. The molecule has 6 heteroatoms. The molecule has 0 N–H and O–H groups in total. The maximum atomic E-state index is 13.1. The number of fused-ring (bicyclic) bond motifs is 1. The van der Waals surface area contributed by atoms with Crippen LogP contribution in [0.1, 0.15) is 36.2 Å². The van der Waals surface area contributed by atoms with Crippen LogP contribution in [-0.2, 0) is 11.3 Å². The van der Waals surface area contributed by atoms with E-state index >= 15 is 0 Å². The molecule has 0 unspecified atom stereocenters. The number of hydrogen-bond donors (Lipinski definition) is 0. The molecular weight excluding hydrogens is 438 g/mol. The fourth-order valence-corrected chi connectivity index (χ4v) is 4.98. The van der Waals surface area contributed by atoms with Gasteiger partial charge in [0.1, 0.15) is 23.9 Å². The van der Waals surface area contributed by atoms with E-state index in [1.807, 2.05) is 54.3 Å². The van der Waals surface area contributed by atoms with Crippen molar-refractivity contribution in [2.24, 2.45) is 0 Å². The highest BCUT2D eigenvalue weighted by Crippen LogP contribution is 2.37. The summed E-state index contributed by atoms with van der Waals surface area (Å²) >= 11 is 0. The lowest BCUT2D eigenvalue weighted by molar-refractivity contribution is -0.117. The number of amides is 1. The molecule has 0 aliphatic carbocycles. The number of imidazole rings is 1. The predicted molar refractivity (Wildman–Crippen MR) is 138 cm³/mol. The summed E-state index contributed by atoms with van der Waals surface area (Å²) in [6.45, 7) is 8.41. The average molecular weight is 470 g/mol. The van der Waals surface area contributed by atoms with Gasteiger partial charge in [0.25, 0.3) is 0 Å². The molecule has 0 bridgehead atoms. The maximum absolute atomic E-state index is 13.1. The molecule has 3 aromatic carbocycles. The van der Waals surface area contributed by atoms with E-state index in [1.165, 1.54) is 11.1 Å². The standard InChI is InChI=1S/C29H31N3O3/c1-4-34-27-12-8-7-11-26(27)32-19-22(18-28(32)33)29-30-24-9-5-6-10-25(24)31(29)13-14-35-23-16-20(2)15-21(3)17-23/h5-12,15-17,22H,4,13-14,18-19H2,1-3H3/t22-/m0/s1. The highest BCUT2D eigenvalue weighted by Gasteiger charge is 2.36. The molecule has 1 atom stereocenters. The lowest BCUT2D eigenvalue weighted by Crippen LogP contribution is -2.25. The first-order valence-corrected chi connectivity index (χ1v) is 12.2. The van der Waals surface area contributed by atoms with E-state index in [9.17, 15) is 4.79 Å². The quantitative estimate of drug-likeness (QED) is 0.335. The van der Waals surface area contributed by atoms with Crippen LogP contribution in [0, 0.1) is 13.8 Å². The fourth-order valence-electron chi connectivity index (χ4n) is 4.98.